The van der Waals surface area contributed by atoms with Crippen LogP contribution < -0.4 is 5.73 Å². The molecule has 1 aliphatic heterocycles. The van der Waals surface area contributed by atoms with Gasteiger partial charge in [0.05, 0.1) is 6.61 Å². The summed E-state index contributed by atoms with van der Waals surface area (Å²) in [6.45, 7) is 1.58. The first kappa shape index (κ1) is 14.2. The van der Waals surface area contributed by atoms with Crippen molar-refractivity contribution >= 4 is 15.8 Å². The lowest BCUT2D eigenvalue weighted by molar-refractivity contribution is 0.118. The van der Waals surface area contributed by atoms with Crippen LogP contribution in [-0.4, -0.2) is 44.5 Å². The van der Waals surface area contributed by atoms with Crippen LogP contribution in [0.3, 0.4) is 0 Å². The minimum Gasteiger partial charge on any atom is -0.384 e. The first-order chi connectivity index (χ1) is 9.05. The number of nitrogen functional groups attached to an aromatic ring is 1. The molecule has 2 N–H and O–H groups in total. The van der Waals surface area contributed by atoms with E-state index in [1.54, 1.807) is 13.2 Å². The molecule has 0 radical (unpaired) electrons. The zero-order chi connectivity index (χ0) is 13.9. The Hall–Kier alpha value is -1.18. The molecule has 7 heteroatoms. The van der Waals surface area contributed by atoms with Crippen LogP contribution in [0.1, 0.15) is 12.8 Å². The third-order valence-corrected chi connectivity index (χ3v) is 5.21. The molecule has 1 saturated heterocycles. The van der Waals surface area contributed by atoms with Gasteiger partial charge in [-0.3, -0.25) is 0 Å². The molecule has 0 amide bonds. The number of rotatable bonds is 4. The Balaban J connectivity index is 2.22. The van der Waals surface area contributed by atoms with Gasteiger partial charge in [-0.05, 0) is 30.9 Å². The van der Waals surface area contributed by atoms with Crippen molar-refractivity contribution in [3.8, 4) is 0 Å². The second-order valence-corrected chi connectivity index (χ2v) is 6.62. The minimum absolute atomic E-state index is 0.0522. The number of hydrogen-bond acceptors (Lipinski definition) is 5. The first-order valence-electron chi connectivity index (χ1n) is 6.25. The number of piperidine rings is 1. The Morgan fingerprint density at radius 2 is 2.37 bits per heavy atom. The van der Waals surface area contributed by atoms with E-state index in [0.29, 0.717) is 19.7 Å². The van der Waals surface area contributed by atoms with Gasteiger partial charge in [-0.1, -0.05) is 0 Å². The van der Waals surface area contributed by atoms with Gasteiger partial charge in [0.1, 0.15) is 10.7 Å². The van der Waals surface area contributed by atoms with Gasteiger partial charge in [0.25, 0.3) is 0 Å². The van der Waals surface area contributed by atoms with Crippen LogP contribution in [0, 0.1) is 5.92 Å². The standard InChI is InChI=1S/C12H19N3O3S/c1-18-9-10-4-3-7-15(8-10)19(16,17)11-5-2-6-14-12(11)13/h2,5-6,10H,3-4,7-9H2,1H3,(H2,13,14). The van der Waals surface area contributed by atoms with Crippen LogP contribution in [0.2, 0.25) is 0 Å². The maximum Gasteiger partial charge on any atom is 0.246 e. The molecule has 19 heavy (non-hydrogen) atoms. The molecule has 1 aromatic rings. The van der Waals surface area contributed by atoms with E-state index >= 15 is 0 Å². The summed E-state index contributed by atoms with van der Waals surface area (Å²) in [7, 11) is -1.92. The number of aromatic nitrogens is 1. The lowest BCUT2D eigenvalue weighted by Crippen LogP contribution is -2.41. The lowest BCUT2D eigenvalue weighted by Gasteiger charge is -2.31. The lowest BCUT2D eigenvalue weighted by atomic mass is 10.0. The van der Waals surface area contributed by atoms with Crippen LogP contribution in [0.4, 0.5) is 5.82 Å². The number of sulfonamides is 1. The Morgan fingerprint density at radius 1 is 1.58 bits per heavy atom. The summed E-state index contributed by atoms with van der Waals surface area (Å²) in [5.41, 5.74) is 5.67. The van der Waals surface area contributed by atoms with Crippen LogP contribution in [0.15, 0.2) is 23.2 Å². The summed E-state index contributed by atoms with van der Waals surface area (Å²) in [4.78, 5) is 3.93. The number of anilines is 1. The third-order valence-electron chi connectivity index (χ3n) is 3.30. The Morgan fingerprint density at radius 3 is 3.05 bits per heavy atom. The van der Waals surface area contributed by atoms with Crippen molar-refractivity contribution in [1.82, 2.24) is 9.29 Å². The predicted molar refractivity (Wildman–Crippen MR) is 72.0 cm³/mol. The van der Waals surface area contributed by atoms with Crippen LogP contribution >= 0.6 is 0 Å². The zero-order valence-corrected chi connectivity index (χ0v) is 11.8. The molecule has 1 aromatic heterocycles. The van der Waals surface area contributed by atoms with Gasteiger partial charge < -0.3 is 10.5 Å². The highest BCUT2D eigenvalue weighted by molar-refractivity contribution is 7.89. The number of methoxy groups -OCH3 is 1. The topological polar surface area (TPSA) is 85.5 Å². The second-order valence-electron chi connectivity index (χ2n) is 4.71. The highest BCUT2D eigenvalue weighted by atomic mass is 32.2. The van der Waals surface area contributed by atoms with E-state index in [1.807, 2.05) is 0 Å². The molecule has 1 aliphatic rings. The van der Waals surface area contributed by atoms with Gasteiger partial charge in [-0.15, -0.1) is 0 Å². The Bertz CT molecular complexity index is 531. The smallest absolute Gasteiger partial charge is 0.246 e. The van der Waals surface area contributed by atoms with E-state index in [-0.39, 0.29) is 16.6 Å². The maximum atomic E-state index is 12.5. The van der Waals surface area contributed by atoms with E-state index in [4.69, 9.17) is 10.5 Å². The van der Waals surface area contributed by atoms with Crippen LogP contribution in [-0.2, 0) is 14.8 Å². The number of ether oxygens (including phenoxy) is 1. The van der Waals surface area contributed by atoms with E-state index in [9.17, 15) is 8.42 Å². The van der Waals surface area contributed by atoms with Gasteiger partial charge in [0, 0.05) is 26.4 Å². The molecule has 106 valence electrons. The molecule has 1 unspecified atom stereocenters. The number of nitrogens with zero attached hydrogens (tertiary/aromatic N) is 2. The van der Waals surface area contributed by atoms with E-state index < -0.39 is 10.0 Å². The molecule has 2 rings (SSSR count). The third kappa shape index (κ3) is 3.05. The fraction of sp³-hybridized carbons (Fsp3) is 0.583. The summed E-state index contributed by atoms with van der Waals surface area (Å²) < 4.78 is 31.6. The average Bonchev–Trinajstić information content (AvgIpc) is 2.40. The largest absolute Gasteiger partial charge is 0.384 e. The normalized spacial score (nSPS) is 21.4. The van der Waals surface area contributed by atoms with Crippen molar-refractivity contribution in [2.24, 2.45) is 5.92 Å². The fourth-order valence-electron chi connectivity index (χ4n) is 2.38. The average molecular weight is 285 g/mol. The molecule has 0 spiro atoms. The van der Waals surface area contributed by atoms with Gasteiger partial charge >= 0.3 is 0 Å². The summed E-state index contributed by atoms with van der Waals surface area (Å²) in [6, 6.07) is 3.08. The molecule has 6 nitrogen and oxygen atoms in total. The molecule has 0 aromatic carbocycles. The quantitative estimate of drug-likeness (QED) is 0.880. The van der Waals surface area contributed by atoms with Gasteiger partial charge in [-0.2, -0.15) is 4.31 Å². The van der Waals surface area contributed by atoms with Crippen LogP contribution in [0.5, 0.6) is 0 Å². The summed E-state index contributed by atoms with van der Waals surface area (Å²) >= 11 is 0. The fourth-order valence-corrected chi connectivity index (χ4v) is 4.00. The summed E-state index contributed by atoms with van der Waals surface area (Å²) in [5.74, 6) is 0.294. The predicted octanol–water partition coefficient (Wildman–Crippen LogP) is 0.711. The van der Waals surface area contributed by atoms with E-state index in [1.165, 1.54) is 16.6 Å². The number of hydrogen-bond donors (Lipinski definition) is 1. The highest BCUT2D eigenvalue weighted by Gasteiger charge is 2.31. The molecule has 1 atom stereocenters. The molecule has 0 saturated carbocycles. The first-order valence-corrected chi connectivity index (χ1v) is 7.69. The minimum atomic E-state index is -3.55. The van der Waals surface area contributed by atoms with Crippen molar-refractivity contribution in [2.45, 2.75) is 17.7 Å². The Kier molecular flexibility index (Phi) is 4.38. The zero-order valence-electron chi connectivity index (χ0n) is 10.9. The van der Waals surface area contributed by atoms with Crippen molar-refractivity contribution < 1.29 is 13.2 Å². The van der Waals surface area contributed by atoms with Crippen molar-refractivity contribution in [3.05, 3.63) is 18.3 Å². The molecular weight excluding hydrogens is 266 g/mol. The molecule has 0 aliphatic carbocycles. The van der Waals surface area contributed by atoms with Crippen molar-refractivity contribution in [1.29, 1.82) is 0 Å². The monoisotopic (exact) mass is 285 g/mol. The summed E-state index contributed by atoms with van der Waals surface area (Å²) in [5, 5.41) is 0. The number of nitrogens with two attached hydrogens (primary N) is 1. The van der Waals surface area contributed by atoms with Crippen molar-refractivity contribution in [3.63, 3.8) is 0 Å². The van der Waals surface area contributed by atoms with Gasteiger partial charge in [0.15, 0.2) is 0 Å². The van der Waals surface area contributed by atoms with Crippen molar-refractivity contribution in [2.75, 3.05) is 32.5 Å². The van der Waals surface area contributed by atoms with E-state index in [0.717, 1.165) is 12.8 Å². The molecule has 0 bridgehead atoms. The molecular formula is C12H19N3O3S. The van der Waals surface area contributed by atoms with Gasteiger partial charge in [0.2, 0.25) is 10.0 Å². The number of pyridine rings is 1. The van der Waals surface area contributed by atoms with E-state index in [2.05, 4.69) is 4.98 Å². The highest BCUT2D eigenvalue weighted by Crippen LogP contribution is 2.25. The summed E-state index contributed by atoms with van der Waals surface area (Å²) in [6.07, 6.45) is 3.31. The van der Waals surface area contributed by atoms with Crippen LogP contribution in [0.25, 0.3) is 0 Å². The maximum absolute atomic E-state index is 12.5. The van der Waals surface area contributed by atoms with Gasteiger partial charge in [-0.25, -0.2) is 13.4 Å². The Labute approximate surface area is 113 Å². The molecule has 1 fully saturated rings. The second kappa shape index (κ2) is 5.85. The SMILES string of the molecule is COCC1CCCN(S(=O)(=O)c2cccnc2N)C1. The molecule has 2 heterocycles.